The topological polar surface area (TPSA) is 55.9 Å². The smallest absolute Gasteiger partial charge is 0.319 e. The second kappa shape index (κ2) is 8.14. The molecule has 1 fully saturated rings. The van der Waals surface area contributed by atoms with Crippen molar-refractivity contribution in [1.82, 2.24) is 9.55 Å². The summed E-state index contributed by atoms with van der Waals surface area (Å²) in [6.07, 6.45) is 3.47. The number of halogens is 4. The van der Waals surface area contributed by atoms with Gasteiger partial charge in [0.05, 0.1) is 16.2 Å². The number of fused-ring (bicyclic) bond motifs is 1. The number of hydrogen-bond acceptors (Lipinski definition) is 4. The van der Waals surface area contributed by atoms with Crippen LogP contribution < -0.4 is 11.1 Å². The Bertz CT molecular complexity index is 974. The summed E-state index contributed by atoms with van der Waals surface area (Å²) in [6, 6.07) is 5.28. The summed E-state index contributed by atoms with van der Waals surface area (Å²) < 4.78 is 29.4. The van der Waals surface area contributed by atoms with Crippen molar-refractivity contribution in [3.05, 3.63) is 44.3 Å². The molecule has 2 atom stereocenters. The SMILES string of the molecule is N[C@H]1CCCC[C@@H]1c1c(Cl)c2nc(Cl)cc(NCc3cccs3)c2n1C(F)F. The summed E-state index contributed by atoms with van der Waals surface area (Å²) in [5.74, 6) is -0.228. The van der Waals surface area contributed by atoms with Gasteiger partial charge in [-0.25, -0.2) is 4.98 Å². The lowest BCUT2D eigenvalue weighted by Crippen LogP contribution is -2.33. The van der Waals surface area contributed by atoms with Crippen LogP contribution in [0.25, 0.3) is 11.0 Å². The third-order valence-corrected chi connectivity index (χ3v) is 6.74. The normalized spacial score (nSPS) is 20.2. The quantitative estimate of drug-likeness (QED) is 0.447. The Balaban J connectivity index is 1.87. The Labute approximate surface area is 175 Å². The minimum absolute atomic E-state index is 0.203. The molecule has 0 saturated heterocycles. The minimum Gasteiger partial charge on any atom is -0.378 e. The number of nitrogens with zero attached hydrogens (tertiary/aromatic N) is 2. The van der Waals surface area contributed by atoms with Crippen LogP contribution in [0.1, 0.15) is 48.7 Å². The van der Waals surface area contributed by atoms with E-state index in [0.717, 1.165) is 35.1 Å². The van der Waals surface area contributed by atoms with Gasteiger partial charge < -0.3 is 11.1 Å². The zero-order valence-electron chi connectivity index (χ0n) is 15.0. The van der Waals surface area contributed by atoms with E-state index < -0.39 is 6.55 Å². The first kappa shape index (κ1) is 19.9. The van der Waals surface area contributed by atoms with Gasteiger partial charge >= 0.3 is 6.55 Å². The number of nitrogens with two attached hydrogens (primary N) is 1. The van der Waals surface area contributed by atoms with Crippen LogP contribution in [-0.4, -0.2) is 15.6 Å². The highest BCUT2D eigenvalue weighted by Gasteiger charge is 2.34. The molecular weight excluding hydrogens is 425 g/mol. The zero-order chi connectivity index (χ0) is 19.8. The van der Waals surface area contributed by atoms with Crippen LogP contribution in [-0.2, 0) is 6.54 Å². The van der Waals surface area contributed by atoms with Crippen LogP contribution in [0.3, 0.4) is 0 Å². The van der Waals surface area contributed by atoms with E-state index in [-0.39, 0.29) is 33.2 Å². The average Bonchev–Trinajstić information content (AvgIpc) is 3.27. The molecule has 1 aliphatic rings. The van der Waals surface area contributed by atoms with Crippen LogP contribution in [0.2, 0.25) is 10.2 Å². The molecule has 4 rings (SSSR count). The highest BCUT2D eigenvalue weighted by molar-refractivity contribution is 7.09. The van der Waals surface area contributed by atoms with Gasteiger partial charge in [-0.3, -0.25) is 4.57 Å². The van der Waals surface area contributed by atoms with Gasteiger partial charge in [0.2, 0.25) is 0 Å². The molecule has 3 aromatic heterocycles. The van der Waals surface area contributed by atoms with Crippen LogP contribution in [0, 0.1) is 0 Å². The maximum absolute atomic E-state index is 14.2. The van der Waals surface area contributed by atoms with Gasteiger partial charge in [0.1, 0.15) is 10.7 Å². The van der Waals surface area contributed by atoms with Gasteiger partial charge in [0, 0.05) is 35.1 Å². The predicted molar refractivity (Wildman–Crippen MR) is 112 cm³/mol. The number of thiophene rings is 1. The molecule has 9 heteroatoms. The van der Waals surface area contributed by atoms with Crippen molar-refractivity contribution in [2.75, 3.05) is 5.32 Å². The van der Waals surface area contributed by atoms with E-state index in [4.69, 9.17) is 28.9 Å². The van der Waals surface area contributed by atoms with Crippen molar-refractivity contribution < 1.29 is 8.78 Å². The third-order valence-electron chi connectivity index (χ3n) is 5.29. The first-order valence-corrected chi connectivity index (χ1v) is 10.8. The molecule has 0 amide bonds. The van der Waals surface area contributed by atoms with Crippen molar-refractivity contribution >= 4 is 51.3 Å². The summed E-state index contributed by atoms with van der Waals surface area (Å²) in [7, 11) is 0. The minimum atomic E-state index is -2.76. The number of alkyl halides is 2. The number of rotatable bonds is 5. The van der Waals surface area contributed by atoms with Crippen molar-refractivity contribution in [3.63, 3.8) is 0 Å². The Hall–Kier alpha value is -1.41. The van der Waals surface area contributed by atoms with Crippen molar-refractivity contribution in [2.24, 2.45) is 5.73 Å². The van der Waals surface area contributed by atoms with Crippen molar-refractivity contribution in [2.45, 2.75) is 50.7 Å². The fourth-order valence-electron chi connectivity index (χ4n) is 4.02. The largest absolute Gasteiger partial charge is 0.378 e. The fraction of sp³-hybridized carbons (Fsp3) is 0.421. The molecular formula is C19H20Cl2F2N4S. The highest BCUT2D eigenvalue weighted by atomic mass is 35.5. The predicted octanol–water partition coefficient (Wildman–Crippen LogP) is 6.40. The highest BCUT2D eigenvalue weighted by Crippen LogP contribution is 2.45. The molecule has 4 nitrogen and oxygen atoms in total. The van der Waals surface area contributed by atoms with Crippen molar-refractivity contribution in [3.8, 4) is 0 Å². The van der Waals surface area contributed by atoms with E-state index in [2.05, 4.69) is 10.3 Å². The van der Waals surface area contributed by atoms with E-state index in [1.807, 2.05) is 17.5 Å². The third kappa shape index (κ3) is 3.61. The lowest BCUT2D eigenvalue weighted by atomic mass is 9.83. The Morgan fingerprint density at radius 1 is 1.32 bits per heavy atom. The molecule has 28 heavy (non-hydrogen) atoms. The Morgan fingerprint density at radius 3 is 2.79 bits per heavy atom. The van der Waals surface area contributed by atoms with Gasteiger partial charge in [0.15, 0.2) is 0 Å². The van der Waals surface area contributed by atoms with E-state index in [1.54, 1.807) is 17.4 Å². The van der Waals surface area contributed by atoms with Gasteiger partial charge in [0.25, 0.3) is 0 Å². The zero-order valence-corrected chi connectivity index (χ0v) is 17.3. The first-order chi connectivity index (χ1) is 13.5. The van der Waals surface area contributed by atoms with Crippen LogP contribution in [0.15, 0.2) is 23.6 Å². The molecule has 150 valence electrons. The second-order valence-electron chi connectivity index (χ2n) is 7.02. The number of aromatic nitrogens is 2. The molecule has 0 aromatic carbocycles. The molecule has 1 aliphatic carbocycles. The van der Waals surface area contributed by atoms with Gasteiger partial charge in [-0.05, 0) is 24.3 Å². The van der Waals surface area contributed by atoms with E-state index >= 15 is 0 Å². The molecule has 0 unspecified atom stereocenters. The van der Waals surface area contributed by atoms with Gasteiger partial charge in [-0.15, -0.1) is 11.3 Å². The Kier molecular flexibility index (Phi) is 5.78. The summed E-state index contributed by atoms with van der Waals surface area (Å²) >= 11 is 14.4. The molecule has 3 N–H and O–H groups in total. The van der Waals surface area contributed by atoms with Crippen molar-refractivity contribution in [1.29, 1.82) is 0 Å². The summed E-state index contributed by atoms with van der Waals surface area (Å²) in [5, 5.41) is 5.61. The molecule has 0 radical (unpaired) electrons. The maximum atomic E-state index is 14.2. The number of nitrogens with one attached hydrogen (secondary N) is 1. The lowest BCUT2D eigenvalue weighted by molar-refractivity contribution is 0.0701. The molecule has 0 bridgehead atoms. The number of hydrogen-bond donors (Lipinski definition) is 2. The maximum Gasteiger partial charge on any atom is 0.319 e. The molecule has 3 aromatic rings. The lowest BCUT2D eigenvalue weighted by Gasteiger charge is -2.30. The van der Waals surface area contributed by atoms with Gasteiger partial charge in [-0.1, -0.05) is 42.1 Å². The van der Waals surface area contributed by atoms with Crippen LogP contribution in [0.5, 0.6) is 0 Å². The average molecular weight is 445 g/mol. The van der Waals surface area contributed by atoms with E-state index in [1.165, 1.54) is 0 Å². The first-order valence-electron chi connectivity index (χ1n) is 9.17. The summed E-state index contributed by atoms with van der Waals surface area (Å²) in [4.78, 5) is 5.35. The monoisotopic (exact) mass is 444 g/mol. The molecule has 0 spiro atoms. The fourth-order valence-corrected chi connectivity index (χ4v) is 5.23. The van der Waals surface area contributed by atoms with Crippen LogP contribution in [0.4, 0.5) is 14.5 Å². The summed E-state index contributed by atoms with van der Waals surface area (Å²) in [6.45, 7) is -2.26. The standard InChI is InChI=1S/C19H20Cl2F2N4S/c20-14-8-13(25-9-10-4-3-7-28-10)18-16(26-14)15(21)17(27(18)19(22)23)11-5-1-2-6-12(11)24/h3-4,7-8,11-12,19H,1-2,5-6,9,24H2,(H,25,26)/t11-,12-/m0/s1. The molecule has 0 aliphatic heterocycles. The van der Waals surface area contributed by atoms with Crippen LogP contribution >= 0.6 is 34.5 Å². The van der Waals surface area contributed by atoms with E-state index in [0.29, 0.717) is 17.9 Å². The second-order valence-corrected chi connectivity index (χ2v) is 8.82. The van der Waals surface area contributed by atoms with E-state index in [9.17, 15) is 8.78 Å². The number of anilines is 1. The number of pyridine rings is 1. The van der Waals surface area contributed by atoms with Gasteiger partial charge in [-0.2, -0.15) is 8.78 Å². The molecule has 3 heterocycles. The summed E-state index contributed by atoms with van der Waals surface area (Å²) in [5.41, 5.74) is 7.70. The molecule has 1 saturated carbocycles. The Morgan fingerprint density at radius 2 is 2.11 bits per heavy atom.